The van der Waals surface area contributed by atoms with Crippen LogP contribution in [0.1, 0.15) is 31.4 Å². The predicted molar refractivity (Wildman–Crippen MR) is 64.7 cm³/mol. The van der Waals surface area contributed by atoms with Crippen LogP contribution in [0, 0.1) is 0 Å². The number of nitrogens with two attached hydrogens (primary N) is 1. The van der Waals surface area contributed by atoms with Gasteiger partial charge in [0.25, 0.3) is 0 Å². The summed E-state index contributed by atoms with van der Waals surface area (Å²) in [6.07, 6.45) is 2.42. The van der Waals surface area contributed by atoms with Crippen molar-refractivity contribution in [2.24, 2.45) is 5.73 Å². The van der Waals surface area contributed by atoms with Gasteiger partial charge in [0.1, 0.15) is 6.10 Å². The molecule has 0 amide bonds. The quantitative estimate of drug-likeness (QED) is 0.844. The molecule has 2 rings (SSSR count). The van der Waals surface area contributed by atoms with E-state index in [-0.39, 0.29) is 12.1 Å². The maximum Gasteiger partial charge on any atom is 0.119 e. The summed E-state index contributed by atoms with van der Waals surface area (Å²) >= 11 is 0. The predicted octanol–water partition coefficient (Wildman–Crippen LogP) is 2.10. The van der Waals surface area contributed by atoms with Gasteiger partial charge < -0.3 is 5.73 Å². The maximum absolute atomic E-state index is 6.00. The Kier molecular flexibility index (Phi) is 3.93. The van der Waals surface area contributed by atoms with Crippen molar-refractivity contribution in [3.05, 3.63) is 35.9 Å². The molecule has 0 aliphatic carbocycles. The molecule has 1 unspecified atom stereocenters. The molecule has 0 saturated carbocycles. The highest BCUT2D eigenvalue weighted by Crippen LogP contribution is 2.23. The van der Waals surface area contributed by atoms with E-state index in [0.717, 1.165) is 18.7 Å². The van der Waals surface area contributed by atoms with Crippen LogP contribution in [0.5, 0.6) is 0 Å². The van der Waals surface area contributed by atoms with E-state index in [0.29, 0.717) is 0 Å². The molecule has 1 fully saturated rings. The summed E-state index contributed by atoms with van der Waals surface area (Å²) in [5, 5.41) is 2.04. The molecule has 0 radical (unpaired) electrons. The van der Waals surface area contributed by atoms with Gasteiger partial charge in [-0.15, -0.1) is 0 Å². The zero-order chi connectivity index (χ0) is 11.4. The molecule has 0 spiro atoms. The zero-order valence-corrected chi connectivity index (χ0v) is 9.80. The largest absolute Gasteiger partial charge is 0.325 e. The average molecular weight is 220 g/mol. The van der Waals surface area contributed by atoms with Gasteiger partial charge in [0.05, 0.1) is 0 Å². The van der Waals surface area contributed by atoms with Crippen LogP contribution in [-0.4, -0.2) is 24.2 Å². The molecule has 0 bridgehead atoms. The van der Waals surface area contributed by atoms with Crippen molar-refractivity contribution >= 4 is 0 Å². The van der Waals surface area contributed by atoms with E-state index in [2.05, 4.69) is 12.1 Å². The number of hydrogen-bond acceptors (Lipinski definition) is 3. The molecule has 16 heavy (non-hydrogen) atoms. The van der Waals surface area contributed by atoms with Gasteiger partial charge in [0.2, 0.25) is 0 Å². The molecule has 0 aromatic heterocycles. The Morgan fingerprint density at radius 2 is 1.81 bits per heavy atom. The van der Waals surface area contributed by atoms with Gasteiger partial charge in [0, 0.05) is 19.1 Å². The fourth-order valence-electron chi connectivity index (χ4n) is 2.06. The molecule has 1 aliphatic heterocycles. The van der Waals surface area contributed by atoms with Gasteiger partial charge in [-0.2, -0.15) is 5.06 Å². The first kappa shape index (κ1) is 11.6. The monoisotopic (exact) mass is 220 g/mol. The van der Waals surface area contributed by atoms with Gasteiger partial charge in [-0.1, -0.05) is 30.3 Å². The zero-order valence-electron chi connectivity index (χ0n) is 9.80. The lowest BCUT2D eigenvalue weighted by molar-refractivity contribution is -0.192. The van der Waals surface area contributed by atoms with Gasteiger partial charge in [-0.3, -0.25) is 4.84 Å². The summed E-state index contributed by atoms with van der Waals surface area (Å²) in [4.78, 5) is 5.97. The number of hydrogen-bond donors (Lipinski definition) is 1. The Morgan fingerprint density at radius 1 is 1.19 bits per heavy atom. The van der Waals surface area contributed by atoms with E-state index in [1.165, 1.54) is 12.8 Å². The van der Waals surface area contributed by atoms with Crippen LogP contribution in [0.3, 0.4) is 0 Å². The fourth-order valence-corrected chi connectivity index (χ4v) is 2.06. The molecule has 3 heteroatoms. The molecule has 3 nitrogen and oxygen atoms in total. The molecular formula is C13H20N2O. The minimum absolute atomic E-state index is 0.00278. The van der Waals surface area contributed by atoms with Gasteiger partial charge in [-0.05, 0) is 25.3 Å². The normalized spacial score (nSPS) is 20.9. The Hall–Kier alpha value is -0.900. The molecule has 1 aromatic carbocycles. The van der Waals surface area contributed by atoms with Crippen molar-refractivity contribution in [2.75, 3.05) is 13.1 Å². The maximum atomic E-state index is 6.00. The van der Waals surface area contributed by atoms with Crippen LogP contribution in [-0.2, 0) is 4.84 Å². The SMILES string of the molecule is CC(N)[C@@H](ON1CCCC1)c1ccccc1. The van der Waals surface area contributed by atoms with E-state index < -0.39 is 0 Å². The van der Waals surface area contributed by atoms with Crippen LogP contribution in [0.2, 0.25) is 0 Å². The summed E-state index contributed by atoms with van der Waals surface area (Å²) in [6, 6.07) is 10.2. The lowest BCUT2D eigenvalue weighted by Crippen LogP contribution is -2.33. The van der Waals surface area contributed by atoms with E-state index >= 15 is 0 Å². The third kappa shape index (κ3) is 2.82. The Balaban J connectivity index is 2.05. The molecule has 88 valence electrons. The minimum Gasteiger partial charge on any atom is -0.325 e. The summed E-state index contributed by atoms with van der Waals surface area (Å²) in [6.45, 7) is 4.04. The van der Waals surface area contributed by atoms with Crippen LogP contribution in [0.25, 0.3) is 0 Å². The third-order valence-electron chi connectivity index (χ3n) is 2.93. The highest BCUT2D eigenvalue weighted by Gasteiger charge is 2.22. The lowest BCUT2D eigenvalue weighted by Gasteiger charge is -2.26. The van der Waals surface area contributed by atoms with E-state index in [4.69, 9.17) is 10.6 Å². The summed E-state index contributed by atoms with van der Waals surface area (Å²) in [5.41, 5.74) is 7.15. The fraction of sp³-hybridized carbons (Fsp3) is 0.538. The Bertz CT molecular complexity index is 307. The number of benzene rings is 1. The molecule has 1 saturated heterocycles. The number of rotatable bonds is 4. The number of nitrogens with zero attached hydrogens (tertiary/aromatic N) is 1. The van der Waals surface area contributed by atoms with E-state index in [9.17, 15) is 0 Å². The van der Waals surface area contributed by atoms with Crippen molar-refractivity contribution in [1.82, 2.24) is 5.06 Å². The Labute approximate surface area is 97.1 Å². The first-order valence-corrected chi connectivity index (χ1v) is 5.99. The van der Waals surface area contributed by atoms with E-state index in [1.807, 2.05) is 30.2 Å². The highest BCUT2D eigenvalue weighted by atomic mass is 16.7. The molecule has 1 aliphatic rings. The number of hydroxylamine groups is 2. The molecule has 1 heterocycles. The van der Waals surface area contributed by atoms with Crippen LogP contribution in [0.15, 0.2) is 30.3 Å². The van der Waals surface area contributed by atoms with Crippen molar-refractivity contribution < 1.29 is 4.84 Å². The topological polar surface area (TPSA) is 38.5 Å². The van der Waals surface area contributed by atoms with Crippen molar-refractivity contribution in [1.29, 1.82) is 0 Å². The summed E-state index contributed by atoms with van der Waals surface area (Å²) in [7, 11) is 0. The van der Waals surface area contributed by atoms with Gasteiger partial charge in [0.15, 0.2) is 0 Å². The summed E-state index contributed by atoms with van der Waals surface area (Å²) < 4.78 is 0. The van der Waals surface area contributed by atoms with Crippen molar-refractivity contribution in [2.45, 2.75) is 31.9 Å². The second kappa shape index (κ2) is 5.43. The second-order valence-corrected chi connectivity index (χ2v) is 4.43. The van der Waals surface area contributed by atoms with Crippen molar-refractivity contribution in [3.8, 4) is 0 Å². The smallest absolute Gasteiger partial charge is 0.119 e. The average Bonchev–Trinajstić information content (AvgIpc) is 2.79. The van der Waals surface area contributed by atoms with Crippen LogP contribution in [0.4, 0.5) is 0 Å². The van der Waals surface area contributed by atoms with E-state index in [1.54, 1.807) is 0 Å². The minimum atomic E-state index is -0.0284. The second-order valence-electron chi connectivity index (χ2n) is 4.43. The third-order valence-corrected chi connectivity index (χ3v) is 2.93. The van der Waals surface area contributed by atoms with Crippen LogP contribution < -0.4 is 5.73 Å². The molecule has 2 atom stereocenters. The van der Waals surface area contributed by atoms with Gasteiger partial charge in [-0.25, -0.2) is 0 Å². The highest BCUT2D eigenvalue weighted by molar-refractivity contribution is 5.18. The molecule has 1 aromatic rings. The van der Waals surface area contributed by atoms with Crippen LogP contribution >= 0.6 is 0 Å². The van der Waals surface area contributed by atoms with Crippen molar-refractivity contribution in [3.63, 3.8) is 0 Å². The van der Waals surface area contributed by atoms with Gasteiger partial charge >= 0.3 is 0 Å². The molecule has 2 N–H and O–H groups in total. The summed E-state index contributed by atoms with van der Waals surface area (Å²) in [5.74, 6) is 0. The first-order valence-electron chi connectivity index (χ1n) is 5.99. The standard InChI is InChI=1S/C13H20N2O/c1-11(14)13(12-7-3-2-4-8-12)16-15-9-5-6-10-15/h2-4,7-8,11,13H,5-6,9-10,14H2,1H3/t11?,13-/m1/s1. The lowest BCUT2D eigenvalue weighted by atomic mass is 10.0. The first-order chi connectivity index (χ1) is 7.77. The Morgan fingerprint density at radius 3 is 2.38 bits per heavy atom. The molecular weight excluding hydrogens is 200 g/mol.